The topological polar surface area (TPSA) is 0 Å². The third kappa shape index (κ3) is 1.42. The first-order valence-corrected chi connectivity index (χ1v) is 6.65. The molecule has 4 aliphatic carbocycles. The molecule has 0 unspecified atom stereocenters. The fraction of sp³-hybridized carbons (Fsp3) is 1.00. The predicted octanol–water partition coefficient (Wildman–Crippen LogP) is 4.25. The second-order valence-electron chi connectivity index (χ2n) is 7.02. The maximum Gasteiger partial charge on any atom is -0.0287 e. The van der Waals surface area contributed by atoms with E-state index in [1.54, 1.807) is 38.5 Å². The molecule has 0 aromatic heterocycles. The summed E-state index contributed by atoms with van der Waals surface area (Å²) >= 11 is 0. The maximum absolute atomic E-state index is 2.42. The lowest BCUT2D eigenvalue weighted by molar-refractivity contribution is -0.0632. The van der Waals surface area contributed by atoms with Crippen molar-refractivity contribution in [3.05, 3.63) is 0 Å². The van der Waals surface area contributed by atoms with E-state index in [4.69, 9.17) is 0 Å². The average molecular weight is 192 g/mol. The van der Waals surface area contributed by atoms with E-state index in [9.17, 15) is 0 Å². The lowest BCUT2D eigenvalue weighted by Crippen LogP contribution is -2.46. The van der Waals surface area contributed by atoms with Gasteiger partial charge in [0.2, 0.25) is 0 Å². The lowest BCUT2D eigenvalue weighted by Gasteiger charge is -2.57. The minimum Gasteiger partial charge on any atom is -0.0628 e. The SMILES string of the molecule is CC(C)CC12CC3CC(CC(C3)C1)C2. The molecule has 0 heteroatoms. The van der Waals surface area contributed by atoms with Gasteiger partial charge in [0.25, 0.3) is 0 Å². The molecule has 0 radical (unpaired) electrons. The Morgan fingerprint density at radius 2 is 1.36 bits per heavy atom. The van der Waals surface area contributed by atoms with E-state index < -0.39 is 0 Å². The van der Waals surface area contributed by atoms with Crippen LogP contribution in [0.1, 0.15) is 58.8 Å². The fourth-order valence-corrected chi connectivity index (χ4v) is 5.41. The van der Waals surface area contributed by atoms with Gasteiger partial charge in [-0.15, -0.1) is 0 Å². The first kappa shape index (κ1) is 9.24. The molecule has 0 nitrogen and oxygen atoms in total. The molecule has 4 rings (SSSR count). The van der Waals surface area contributed by atoms with Gasteiger partial charge in [0, 0.05) is 0 Å². The number of rotatable bonds is 2. The Bertz CT molecular complexity index is 185. The van der Waals surface area contributed by atoms with Crippen LogP contribution < -0.4 is 0 Å². The Labute approximate surface area is 88.5 Å². The van der Waals surface area contributed by atoms with Crippen LogP contribution in [-0.2, 0) is 0 Å². The van der Waals surface area contributed by atoms with Gasteiger partial charge in [-0.05, 0) is 74.0 Å². The van der Waals surface area contributed by atoms with Crippen LogP contribution in [0.5, 0.6) is 0 Å². The Morgan fingerprint density at radius 3 is 1.71 bits per heavy atom. The highest BCUT2D eigenvalue weighted by Gasteiger charge is 2.50. The standard InChI is InChI=1S/C14H24/c1-10(2)6-14-7-11-3-12(8-14)5-13(4-11)9-14/h10-13H,3-9H2,1-2H3. The minimum atomic E-state index is 0.822. The summed E-state index contributed by atoms with van der Waals surface area (Å²) in [6.45, 7) is 4.83. The van der Waals surface area contributed by atoms with Crippen LogP contribution in [0, 0.1) is 29.1 Å². The van der Waals surface area contributed by atoms with Gasteiger partial charge in [-0.1, -0.05) is 13.8 Å². The molecule has 0 amide bonds. The van der Waals surface area contributed by atoms with Crippen LogP contribution in [0.2, 0.25) is 0 Å². The van der Waals surface area contributed by atoms with Gasteiger partial charge in [0.15, 0.2) is 0 Å². The van der Waals surface area contributed by atoms with Crippen molar-refractivity contribution in [2.45, 2.75) is 58.8 Å². The van der Waals surface area contributed by atoms with E-state index >= 15 is 0 Å². The summed E-state index contributed by atoms with van der Waals surface area (Å²) in [5, 5.41) is 0. The zero-order valence-corrected chi connectivity index (χ0v) is 9.76. The molecule has 4 bridgehead atoms. The molecule has 0 aromatic rings. The highest BCUT2D eigenvalue weighted by molar-refractivity contribution is 5.01. The molecule has 0 atom stereocenters. The van der Waals surface area contributed by atoms with E-state index in [0.29, 0.717) is 0 Å². The first-order valence-electron chi connectivity index (χ1n) is 6.65. The molecule has 0 heterocycles. The summed E-state index contributed by atoms with van der Waals surface area (Å²) in [4.78, 5) is 0. The highest BCUT2D eigenvalue weighted by atomic mass is 14.6. The zero-order chi connectivity index (χ0) is 9.76. The normalized spacial score (nSPS) is 50.4. The average Bonchev–Trinajstić information content (AvgIpc) is 1.96. The van der Waals surface area contributed by atoms with Gasteiger partial charge < -0.3 is 0 Å². The molecular weight excluding hydrogens is 168 g/mol. The van der Waals surface area contributed by atoms with Crippen molar-refractivity contribution in [1.29, 1.82) is 0 Å². The largest absolute Gasteiger partial charge is 0.0628 e. The van der Waals surface area contributed by atoms with E-state index in [-0.39, 0.29) is 0 Å². The summed E-state index contributed by atoms with van der Waals surface area (Å²) in [5.41, 5.74) is 0.822. The van der Waals surface area contributed by atoms with Crippen molar-refractivity contribution in [3.63, 3.8) is 0 Å². The van der Waals surface area contributed by atoms with Crippen molar-refractivity contribution in [3.8, 4) is 0 Å². The quantitative estimate of drug-likeness (QED) is 0.613. The molecule has 0 aliphatic heterocycles. The van der Waals surface area contributed by atoms with Crippen LogP contribution in [-0.4, -0.2) is 0 Å². The molecule has 0 aromatic carbocycles. The molecule has 4 saturated carbocycles. The number of hydrogen-bond donors (Lipinski definition) is 0. The Hall–Kier alpha value is 0. The van der Waals surface area contributed by atoms with Gasteiger partial charge in [-0.25, -0.2) is 0 Å². The zero-order valence-electron chi connectivity index (χ0n) is 9.76. The summed E-state index contributed by atoms with van der Waals surface area (Å²) in [6.07, 6.45) is 11.1. The van der Waals surface area contributed by atoms with Crippen LogP contribution in [0.25, 0.3) is 0 Å². The molecule has 4 aliphatic rings. The monoisotopic (exact) mass is 192 g/mol. The summed E-state index contributed by atoms with van der Waals surface area (Å²) < 4.78 is 0. The fourth-order valence-electron chi connectivity index (χ4n) is 5.41. The predicted molar refractivity (Wildman–Crippen MR) is 60.1 cm³/mol. The highest BCUT2D eigenvalue weighted by Crippen LogP contribution is 2.61. The Balaban J connectivity index is 1.80. The molecule has 80 valence electrons. The smallest absolute Gasteiger partial charge is 0.0287 e. The van der Waals surface area contributed by atoms with Gasteiger partial charge in [-0.3, -0.25) is 0 Å². The Kier molecular flexibility index (Phi) is 1.98. The van der Waals surface area contributed by atoms with Crippen LogP contribution in [0.4, 0.5) is 0 Å². The summed E-state index contributed by atoms with van der Waals surface area (Å²) in [7, 11) is 0. The third-order valence-electron chi connectivity index (χ3n) is 5.01. The molecule has 0 saturated heterocycles. The third-order valence-corrected chi connectivity index (χ3v) is 5.01. The van der Waals surface area contributed by atoms with Gasteiger partial charge >= 0.3 is 0 Å². The molecule has 0 spiro atoms. The van der Waals surface area contributed by atoms with E-state index in [1.807, 2.05) is 0 Å². The van der Waals surface area contributed by atoms with Crippen LogP contribution in [0.3, 0.4) is 0 Å². The van der Waals surface area contributed by atoms with Crippen molar-refractivity contribution >= 4 is 0 Å². The van der Waals surface area contributed by atoms with Crippen LogP contribution in [0.15, 0.2) is 0 Å². The van der Waals surface area contributed by atoms with Crippen molar-refractivity contribution in [1.82, 2.24) is 0 Å². The van der Waals surface area contributed by atoms with E-state index in [2.05, 4.69) is 13.8 Å². The first-order chi connectivity index (χ1) is 6.65. The molecule has 14 heavy (non-hydrogen) atoms. The Morgan fingerprint density at radius 1 is 0.929 bits per heavy atom. The lowest BCUT2D eigenvalue weighted by atomic mass is 9.48. The van der Waals surface area contributed by atoms with Crippen molar-refractivity contribution in [2.24, 2.45) is 29.1 Å². The molecular formula is C14H24. The van der Waals surface area contributed by atoms with Gasteiger partial charge in [0.1, 0.15) is 0 Å². The summed E-state index contributed by atoms with van der Waals surface area (Å²) in [5.74, 6) is 4.34. The van der Waals surface area contributed by atoms with E-state index in [0.717, 1.165) is 29.1 Å². The molecule has 4 fully saturated rings. The maximum atomic E-state index is 2.42. The summed E-state index contributed by atoms with van der Waals surface area (Å²) in [6, 6.07) is 0. The van der Waals surface area contributed by atoms with Crippen molar-refractivity contribution in [2.75, 3.05) is 0 Å². The van der Waals surface area contributed by atoms with Gasteiger partial charge in [-0.2, -0.15) is 0 Å². The van der Waals surface area contributed by atoms with E-state index in [1.165, 1.54) is 6.42 Å². The minimum absolute atomic E-state index is 0.822. The van der Waals surface area contributed by atoms with Crippen LogP contribution >= 0.6 is 0 Å². The van der Waals surface area contributed by atoms with Crippen molar-refractivity contribution < 1.29 is 0 Å². The molecule has 0 N–H and O–H groups in total. The van der Waals surface area contributed by atoms with Gasteiger partial charge in [0.05, 0.1) is 0 Å². The second kappa shape index (κ2) is 3.00. The second-order valence-corrected chi connectivity index (χ2v) is 7.02. The number of hydrogen-bond acceptors (Lipinski definition) is 0.